The van der Waals surface area contributed by atoms with Crippen LogP contribution >= 0.6 is 11.6 Å². The molecule has 1 aliphatic rings. The standard InChI is InChI=1S/C21H24ClNO3/c1-3-21(26-18-9-7-17(22)8-10-18)11-12-23(16-21)13-14-25-20-6-4-5-19(15-20)24-2/h3-10,15H,1,11-14,16H2,2H3. The first-order valence-corrected chi connectivity index (χ1v) is 9.08. The number of ether oxygens (including phenoxy) is 3. The molecule has 1 aliphatic heterocycles. The Morgan fingerprint density at radius 2 is 1.92 bits per heavy atom. The van der Waals surface area contributed by atoms with Crippen LogP contribution < -0.4 is 14.2 Å². The van der Waals surface area contributed by atoms with Crippen molar-refractivity contribution in [3.8, 4) is 17.2 Å². The smallest absolute Gasteiger partial charge is 0.141 e. The molecule has 0 N–H and O–H groups in total. The molecule has 0 aromatic heterocycles. The molecule has 0 amide bonds. The van der Waals surface area contributed by atoms with Crippen LogP contribution in [0.5, 0.6) is 17.2 Å². The molecule has 138 valence electrons. The Labute approximate surface area is 159 Å². The highest BCUT2D eigenvalue weighted by atomic mass is 35.5. The van der Waals surface area contributed by atoms with Gasteiger partial charge >= 0.3 is 0 Å². The van der Waals surface area contributed by atoms with Gasteiger partial charge in [0.05, 0.1) is 7.11 Å². The van der Waals surface area contributed by atoms with Crippen LogP contribution in [-0.4, -0.2) is 43.9 Å². The largest absolute Gasteiger partial charge is 0.497 e. The lowest BCUT2D eigenvalue weighted by atomic mass is 10.0. The number of likely N-dealkylation sites (tertiary alicyclic amines) is 1. The summed E-state index contributed by atoms with van der Waals surface area (Å²) in [7, 11) is 1.65. The van der Waals surface area contributed by atoms with E-state index in [1.54, 1.807) is 7.11 Å². The van der Waals surface area contributed by atoms with Gasteiger partial charge in [-0.3, -0.25) is 4.90 Å². The van der Waals surface area contributed by atoms with E-state index in [2.05, 4.69) is 11.5 Å². The summed E-state index contributed by atoms with van der Waals surface area (Å²) >= 11 is 5.94. The maximum Gasteiger partial charge on any atom is 0.141 e. The Morgan fingerprint density at radius 3 is 2.65 bits per heavy atom. The van der Waals surface area contributed by atoms with Crippen LogP contribution in [0.3, 0.4) is 0 Å². The first-order chi connectivity index (χ1) is 12.6. The molecule has 0 radical (unpaired) electrons. The molecule has 2 aromatic carbocycles. The fourth-order valence-corrected chi connectivity index (χ4v) is 3.21. The molecule has 1 unspecified atom stereocenters. The van der Waals surface area contributed by atoms with Gasteiger partial charge in [-0.2, -0.15) is 0 Å². The number of hydrogen-bond acceptors (Lipinski definition) is 4. The minimum absolute atomic E-state index is 0.371. The second kappa shape index (κ2) is 8.47. The van der Waals surface area contributed by atoms with Gasteiger partial charge in [-0.05, 0) is 42.5 Å². The third kappa shape index (κ3) is 4.71. The second-order valence-electron chi connectivity index (χ2n) is 6.38. The quantitative estimate of drug-likeness (QED) is 0.640. The van der Waals surface area contributed by atoms with Crippen LogP contribution in [0.15, 0.2) is 61.2 Å². The normalized spacial score (nSPS) is 19.9. The van der Waals surface area contributed by atoms with E-state index < -0.39 is 0 Å². The van der Waals surface area contributed by atoms with Gasteiger partial charge in [0, 0.05) is 37.1 Å². The van der Waals surface area contributed by atoms with Crippen LogP contribution in [0.4, 0.5) is 0 Å². The molecule has 5 heteroatoms. The van der Waals surface area contributed by atoms with Gasteiger partial charge in [0.1, 0.15) is 29.5 Å². The lowest BCUT2D eigenvalue weighted by molar-refractivity contribution is 0.122. The lowest BCUT2D eigenvalue weighted by Crippen LogP contribution is -2.38. The summed E-state index contributed by atoms with van der Waals surface area (Å²) in [6.07, 6.45) is 2.81. The molecule has 1 heterocycles. The molecule has 1 fully saturated rings. The third-order valence-corrected chi connectivity index (χ3v) is 4.82. The molecular weight excluding hydrogens is 350 g/mol. The van der Waals surface area contributed by atoms with Crippen molar-refractivity contribution in [3.63, 3.8) is 0 Å². The molecule has 4 nitrogen and oxygen atoms in total. The van der Waals surface area contributed by atoms with Gasteiger partial charge in [0.25, 0.3) is 0 Å². The van der Waals surface area contributed by atoms with Crippen molar-refractivity contribution in [3.05, 3.63) is 66.2 Å². The van der Waals surface area contributed by atoms with E-state index in [9.17, 15) is 0 Å². The first-order valence-electron chi connectivity index (χ1n) is 8.70. The maximum atomic E-state index is 6.22. The van der Waals surface area contributed by atoms with E-state index in [1.807, 2.05) is 54.6 Å². The fourth-order valence-electron chi connectivity index (χ4n) is 3.09. The first kappa shape index (κ1) is 18.6. The Hall–Kier alpha value is -2.17. The Morgan fingerprint density at radius 1 is 1.15 bits per heavy atom. The van der Waals surface area contributed by atoms with Crippen molar-refractivity contribution in [1.82, 2.24) is 4.90 Å². The summed E-state index contributed by atoms with van der Waals surface area (Å²) in [4.78, 5) is 2.33. The van der Waals surface area contributed by atoms with Crippen molar-refractivity contribution in [2.24, 2.45) is 0 Å². The molecule has 0 bridgehead atoms. The molecule has 0 aliphatic carbocycles. The monoisotopic (exact) mass is 373 g/mol. The molecule has 26 heavy (non-hydrogen) atoms. The summed E-state index contributed by atoms with van der Waals surface area (Å²) < 4.78 is 17.3. The second-order valence-corrected chi connectivity index (χ2v) is 6.81. The third-order valence-electron chi connectivity index (χ3n) is 4.57. The Balaban J connectivity index is 1.51. The van der Waals surface area contributed by atoms with Crippen LogP contribution in [0, 0.1) is 0 Å². The fraction of sp³-hybridized carbons (Fsp3) is 0.333. The van der Waals surface area contributed by atoms with Gasteiger partial charge in [-0.15, -0.1) is 0 Å². The topological polar surface area (TPSA) is 30.9 Å². The van der Waals surface area contributed by atoms with Crippen LogP contribution in [0.2, 0.25) is 5.02 Å². The number of rotatable bonds is 8. The summed E-state index contributed by atoms with van der Waals surface area (Å²) in [6.45, 7) is 7.17. The van der Waals surface area contributed by atoms with Crippen LogP contribution in [0.1, 0.15) is 6.42 Å². The van der Waals surface area contributed by atoms with Crippen molar-refractivity contribution < 1.29 is 14.2 Å². The van der Waals surface area contributed by atoms with Crippen LogP contribution in [0.25, 0.3) is 0 Å². The van der Waals surface area contributed by atoms with E-state index in [4.69, 9.17) is 25.8 Å². The predicted octanol–water partition coefficient (Wildman–Crippen LogP) is 4.44. The van der Waals surface area contributed by atoms with Crippen molar-refractivity contribution >= 4 is 11.6 Å². The SMILES string of the molecule is C=CC1(Oc2ccc(Cl)cc2)CCN(CCOc2cccc(OC)c2)C1. The molecule has 3 rings (SSSR count). The van der Waals surface area contributed by atoms with Gasteiger partial charge < -0.3 is 14.2 Å². The summed E-state index contributed by atoms with van der Waals surface area (Å²) in [6, 6.07) is 15.1. The average molecular weight is 374 g/mol. The Kier molecular flexibility index (Phi) is 6.07. The number of nitrogens with zero attached hydrogens (tertiary/aromatic N) is 1. The highest BCUT2D eigenvalue weighted by Gasteiger charge is 2.37. The van der Waals surface area contributed by atoms with E-state index in [0.717, 1.165) is 43.3 Å². The van der Waals surface area contributed by atoms with Crippen molar-refractivity contribution in [1.29, 1.82) is 0 Å². The molecule has 1 saturated heterocycles. The van der Waals surface area contributed by atoms with Crippen molar-refractivity contribution in [2.75, 3.05) is 33.4 Å². The molecular formula is C21H24ClNO3. The average Bonchev–Trinajstić information content (AvgIpc) is 3.07. The Bertz CT molecular complexity index is 734. The van der Waals surface area contributed by atoms with E-state index in [1.165, 1.54) is 0 Å². The highest BCUT2D eigenvalue weighted by Crippen LogP contribution is 2.29. The highest BCUT2D eigenvalue weighted by molar-refractivity contribution is 6.30. The van der Waals surface area contributed by atoms with Crippen LogP contribution in [-0.2, 0) is 0 Å². The molecule has 0 spiro atoms. The minimum atomic E-state index is -0.371. The van der Waals surface area contributed by atoms with Crippen molar-refractivity contribution in [2.45, 2.75) is 12.0 Å². The molecule has 0 saturated carbocycles. The minimum Gasteiger partial charge on any atom is -0.497 e. The zero-order valence-corrected chi connectivity index (χ0v) is 15.7. The van der Waals surface area contributed by atoms with E-state index in [0.29, 0.717) is 11.6 Å². The van der Waals surface area contributed by atoms with Gasteiger partial charge in [0.15, 0.2) is 0 Å². The maximum absolute atomic E-state index is 6.22. The predicted molar refractivity (Wildman–Crippen MR) is 105 cm³/mol. The van der Waals surface area contributed by atoms with E-state index in [-0.39, 0.29) is 5.60 Å². The molecule has 2 aromatic rings. The zero-order valence-electron chi connectivity index (χ0n) is 15.0. The number of hydrogen-bond donors (Lipinski definition) is 0. The van der Waals surface area contributed by atoms with Gasteiger partial charge in [0.2, 0.25) is 0 Å². The van der Waals surface area contributed by atoms with Gasteiger partial charge in [-0.25, -0.2) is 0 Å². The number of benzene rings is 2. The number of halogens is 1. The number of methoxy groups -OCH3 is 1. The molecule has 1 atom stereocenters. The van der Waals surface area contributed by atoms with Gasteiger partial charge in [-0.1, -0.05) is 24.2 Å². The lowest BCUT2D eigenvalue weighted by Gasteiger charge is -2.27. The summed E-state index contributed by atoms with van der Waals surface area (Å²) in [5.74, 6) is 2.42. The summed E-state index contributed by atoms with van der Waals surface area (Å²) in [5, 5.41) is 0.702. The zero-order chi connectivity index (χ0) is 18.4. The summed E-state index contributed by atoms with van der Waals surface area (Å²) in [5.41, 5.74) is -0.371. The van der Waals surface area contributed by atoms with E-state index >= 15 is 0 Å².